The fraction of sp³-hybridized carbons (Fsp3) is 0.0833. The Bertz CT molecular complexity index is 499. The molecule has 0 spiro atoms. The fourth-order valence-corrected chi connectivity index (χ4v) is 1.26. The lowest BCUT2D eigenvalue weighted by molar-refractivity contribution is 0.271. The van der Waals surface area contributed by atoms with Crippen molar-refractivity contribution in [3.05, 3.63) is 48.4 Å². The van der Waals surface area contributed by atoms with Gasteiger partial charge in [0.15, 0.2) is 0 Å². The molecule has 0 aliphatic carbocycles. The molecule has 1 heterocycles. The lowest BCUT2D eigenvalue weighted by atomic mass is 10.3. The molecule has 0 saturated carbocycles. The van der Waals surface area contributed by atoms with Crippen LogP contribution < -0.4 is 4.74 Å². The number of isocyanates is 1. The molecule has 2 aromatic rings. The molecule has 4 heteroatoms. The number of hydrogen-bond donors (Lipinski definition) is 0. The van der Waals surface area contributed by atoms with Crippen molar-refractivity contribution in [3.8, 4) is 5.75 Å². The Kier molecular flexibility index (Phi) is 3.16. The van der Waals surface area contributed by atoms with Crippen molar-refractivity contribution in [1.29, 1.82) is 0 Å². The highest BCUT2D eigenvalue weighted by molar-refractivity contribution is 5.57. The molecule has 4 nitrogen and oxygen atoms in total. The summed E-state index contributed by atoms with van der Waals surface area (Å²) in [6.45, 7) is 0.304. The third-order valence-electron chi connectivity index (χ3n) is 1.98. The second-order valence-electron chi connectivity index (χ2n) is 3.04. The number of ether oxygens (including phenoxy) is 1. The Morgan fingerprint density at radius 2 is 2.12 bits per heavy atom. The van der Waals surface area contributed by atoms with Gasteiger partial charge in [0.25, 0.3) is 0 Å². The SMILES string of the molecule is O=C=Nc1ccccc1OCc1ccco1. The van der Waals surface area contributed by atoms with Crippen LogP contribution in [0.1, 0.15) is 5.76 Å². The van der Waals surface area contributed by atoms with Crippen molar-refractivity contribution in [2.75, 3.05) is 0 Å². The van der Waals surface area contributed by atoms with Gasteiger partial charge < -0.3 is 9.15 Å². The molecule has 0 aliphatic heterocycles. The van der Waals surface area contributed by atoms with Crippen LogP contribution in [0.4, 0.5) is 5.69 Å². The van der Waals surface area contributed by atoms with Gasteiger partial charge in [-0.25, -0.2) is 4.79 Å². The first-order valence-electron chi connectivity index (χ1n) is 4.72. The quantitative estimate of drug-likeness (QED) is 0.582. The average Bonchev–Trinajstić information content (AvgIpc) is 2.81. The Morgan fingerprint density at radius 3 is 2.88 bits per heavy atom. The molecular weight excluding hydrogens is 206 g/mol. The standard InChI is InChI=1S/C12H9NO3/c14-9-13-11-5-1-2-6-12(11)16-8-10-4-3-7-15-10/h1-7H,8H2. The van der Waals surface area contributed by atoms with Crippen LogP contribution in [0, 0.1) is 0 Å². The third kappa shape index (κ3) is 2.38. The maximum atomic E-state index is 10.2. The number of furan rings is 1. The minimum atomic E-state index is 0.304. The second-order valence-corrected chi connectivity index (χ2v) is 3.04. The number of benzene rings is 1. The van der Waals surface area contributed by atoms with Gasteiger partial charge in [-0.2, -0.15) is 4.99 Å². The minimum absolute atomic E-state index is 0.304. The normalized spacial score (nSPS) is 9.50. The minimum Gasteiger partial charge on any atom is -0.483 e. The molecule has 0 aliphatic rings. The van der Waals surface area contributed by atoms with Gasteiger partial charge in [-0.3, -0.25) is 0 Å². The van der Waals surface area contributed by atoms with Gasteiger partial charge in [0.05, 0.1) is 6.26 Å². The van der Waals surface area contributed by atoms with Crippen LogP contribution in [0.5, 0.6) is 5.75 Å². The van der Waals surface area contributed by atoms with Crippen molar-refractivity contribution >= 4 is 11.8 Å². The highest BCUT2D eigenvalue weighted by atomic mass is 16.5. The van der Waals surface area contributed by atoms with Crippen LogP contribution in [0.15, 0.2) is 52.1 Å². The first-order chi connectivity index (χ1) is 7.90. The van der Waals surface area contributed by atoms with Crippen LogP contribution in [0.2, 0.25) is 0 Å². The summed E-state index contributed by atoms with van der Waals surface area (Å²) in [7, 11) is 0. The van der Waals surface area contributed by atoms with E-state index in [1.165, 1.54) is 6.08 Å². The van der Waals surface area contributed by atoms with E-state index in [1.807, 2.05) is 6.07 Å². The molecule has 1 aromatic heterocycles. The van der Waals surface area contributed by atoms with Crippen LogP contribution in [0.25, 0.3) is 0 Å². The Labute approximate surface area is 92.2 Å². The van der Waals surface area contributed by atoms with Crippen LogP contribution in [0.3, 0.4) is 0 Å². The molecule has 0 fully saturated rings. The maximum absolute atomic E-state index is 10.2. The van der Waals surface area contributed by atoms with E-state index in [0.29, 0.717) is 23.8 Å². The first kappa shape index (κ1) is 10.2. The largest absolute Gasteiger partial charge is 0.483 e. The number of aliphatic imine (C=N–C) groups is 1. The van der Waals surface area contributed by atoms with Crippen molar-refractivity contribution in [2.24, 2.45) is 4.99 Å². The molecule has 0 N–H and O–H groups in total. The summed E-state index contributed by atoms with van der Waals surface area (Å²) in [6.07, 6.45) is 3.07. The molecular formula is C12H9NO3. The van der Waals surface area contributed by atoms with Gasteiger partial charge >= 0.3 is 0 Å². The Balaban J connectivity index is 2.12. The van der Waals surface area contributed by atoms with E-state index in [9.17, 15) is 4.79 Å². The average molecular weight is 215 g/mol. The second kappa shape index (κ2) is 4.96. The van der Waals surface area contributed by atoms with Crippen molar-refractivity contribution in [3.63, 3.8) is 0 Å². The summed E-state index contributed by atoms with van der Waals surface area (Å²) < 4.78 is 10.6. The number of para-hydroxylation sites is 2. The van der Waals surface area contributed by atoms with Gasteiger partial charge in [-0.05, 0) is 24.3 Å². The zero-order valence-corrected chi connectivity index (χ0v) is 8.42. The van der Waals surface area contributed by atoms with E-state index in [4.69, 9.17) is 9.15 Å². The van der Waals surface area contributed by atoms with Crippen LogP contribution in [-0.4, -0.2) is 6.08 Å². The zero-order valence-electron chi connectivity index (χ0n) is 8.42. The maximum Gasteiger partial charge on any atom is 0.240 e. The smallest absolute Gasteiger partial charge is 0.240 e. The van der Waals surface area contributed by atoms with Gasteiger partial charge in [0.1, 0.15) is 23.8 Å². The molecule has 0 unspecified atom stereocenters. The number of rotatable bonds is 4. The van der Waals surface area contributed by atoms with E-state index >= 15 is 0 Å². The third-order valence-corrected chi connectivity index (χ3v) is 1.98. The predicted octanol–water partition coefficient (Wildman–Crippen LogP) is 2.83. The predicted molar refractivity (Wildman–Crippen MR) is 57.3 cm³/mol. The number of nitrogens with zero attached hydrogens (tertiary/aromatic N) is 1. The van der Waals surface area contributed by atoms with E-state index in [0.717, 1.165) is 0 Å². The molecule has 0 amide bonds. The summed E-state index contributed by atoms with van der Waals surface area (Å²) in [6, 6.07) is 10.6. The molecule has 0 saturated heterocycles. The summed E-state index contributed by atoms with van der Waals surface area (Å²) >= 11 is 0. The van der Waals surface area contributed by atoms with Gasteiger partial charge in [-0.15, -0.1) is 0 Å². The molecule has 80 valence electrons. The molecule has 0 atom stereocenters. The van der Waals surface area contributed by atoms with E-state index in [-0.39, 0.29) is 0 Å². The van der Waals surface area contributed by atoms with Crippen LogP contribution in [-0.2, 0) is 11.4 Å². The van der Waals surface area contributed by atoms with Crippen molar-refractivity contribution < 1.29 is 13.9 Å². The molecule has 0 bridgehead atoms. The molecule has 2 rings (SSSR count). The van der Waals surface area contributed by atoms with E-state index in [2.05, 4.69) is 4.99 Å². The van der Waals surface area contributed by atoms with Gasteiger partial charge in [0, 0.05) is 0 Å². The zero-order chi connectivity index (χ0) is 11.2. The molecule has 0 radical (unpaired) electrons. The lowest BCUT2D eigenvalue weighted by Crippen LogP contribution is -1.93. The summed E-state index contributed by atoms with van der Waals surface area (Å²) in [4.78, 5) is 13.7. The summed E-state index contributed by atoms with van der Waals surface area (Å²) in [5.41, 5.74) is 0.462. The van der Waals surface area contributed by atoms with Crippen molar-refractivity contribution in [2.45, 2.75) is 6.61 Å². The highest BCUT2D eigenvalue weighted by Gasteiger charge is 2.02. The lowest BCUT2D eigenvalue weighted by Gasteiger charge is -2.05. The van der Waals surface area contributed by atoms with E-state index in [1.54, 1.807) is 36.6 Å². The van der Waals surface area contributed by atoms with Crippen molar-refractivity contribution in [1.82, 2.24) is 0 Å². The fourth-order valence-electron chi connectivity index (χ4n) is 1.26. The summed E-state index contributed by atoms with van der Waals surface area (Å²) in [5.74, 6) is 1.24. The van der Waals surface area contributed by atoms with Gasteiger partial charge in [0.2, 0.25) is 6.08 Å². The Morgan fingerprint density at radius 1 is 1.25 bits per heavy atom. The Hall–Kier alpha value is -2.32. The van der Waals surface area contributed by atoms with Crippen LogP contribution >= 0.6 is 0 Å². The topological polar surface area (TPSA) is 51.8 Å². The highest BCUT2D eigenvalue weighted by Crippen LogP contribution is 2.26. The summed E-state index contributed by atoms with van der Waals surface area (Å²) in [5, 5.41) is 0. The first-order valence-corrected chi connectivity index (χ1v) is 4.72. The monoisotopic (exact) mass is 215 g/mol. The van der Waals surface area contributed by atoms with E-state index < -0.39 is 0 Å². The molecule has 1 aromatic carbocycles. The number of hydrogen-bond acceptors (Lipinski definition) is 4. The molecule has 16 heavy (non-hydrogen) atoms. The number of carbonyl (C=O) groups excluding carboxylic acids is 1. The van der Waals surface area contributed by atoms with Gasteiger partial charge in [-0.1, -0.05) is 12.1 Å².